The molecule has 4 heteroatoms. The number of carbonyl (C=O) groups is 1. The van der Waals surface area contributed by atoms with E-state index in [9.17, 15) is 9.18 Å². The maximum absolute atomic E-state index is 13.0. The molecule has 0 saturated heterocycles. The third kappa shape index (κ3) is 1.46. The molecule has 1 N–H and O–H groups in total. The van der Waals surface area contributed by atoms with Gasteiger partial charge in [0.2, 0.25) is 0 Å². The highest BCUT2D eigenvalue weighted by Gasteiger charge is 2.08. The Balaban J connectivity index is 2.76. The number of hydrogen-bond donors (Lipinski definition) is 1. The minimum absolute atomic E-state index is 0.0616. The summed E-state index contributed by atoms with van der Waals surface area (Å²) in [5.74, 6) is -0.394. The van der Waals surface area contributed by atoms with Crippen molar-refractivity contribution in [1.82, 2.24) is 4.98 Å². The molecule has 1 aromatic heterocycles. The Hall–Kier alpha value is -1.16. The fourth-order valence-electron chi connectivity index (χ4n) is 1.35. The highest BCUT2D eigenvalue weighted by molar-refractivity contribution is 9.10. The number of hydrogen-bond acceptors (Lipinski definition) is 1. The first kappa shape index (κ1) is 9.40. The van der Waals surface area contributed by atoms with E-state index in [0.717, 1.165) is 5.39 Å². The van der Waals surface area contributed by atoms with Gasteiger partial charge in [-0.05, 0) is 34.1 Å². The zero-order valence-corrected chi connectivity index (χ0v) is 8.98. The van der Waals surface area contributed by atoms with Gasteiger partial charge in [0.25, 0.3) is 0 Å². The molecule has 0 saturated carbocycles. The summed E-state index contributed by atoms with van der Waals surface area (Å²) >= 11 is 3.24. The standard InChI is InChI=1S/C10H7BrFNO/c1-5(14)9-4-7-8(11)2-6(12)3-10(7)13-9/h2-4,13H,1H3. The number of rotatable bonds is 1. The molecule has 0 atom stereocenters. The van der Waals surface area contributed by atoms with Crippen LogP contribution >= 0.6 is 15.9 Å². The average Bonchev–Trinajstić information content (AvgIpc) is 2.47. The molecular weight excluding hydrogens is 249 g/mol. The highest BCUT2D eigenvalue weighted by Crippen LogP contribution is 2.26. The number of halogens is 2. The van der Waals surface area contributed by atoms with Gasteiger partial charge in [-0.2, -0.15) is 0 Å². The lowest BCUT2D eigenvalue weighted by Crippen LogP contribution is -1.89. The van der Waals surface area contributed by atoms with Crippen molar-refractivity contribution in [2.75, 3.05) is 0 Å². The van der Waals surface area contributed by atoms with Crippen LogP contribution in [-0.4, -0.2) is 10.8 Å². The van der Waals surface area contributed by atoms with Crippen molar-refractivity contribution in [2.24, 2.45) is 0 Å². The van der Waals surface area contributed by atoms with Crippen LogP contribution in [-0.2, 0) is 0 Å². The van der Waals surface area contributed by atoms with Gasteiger partial charge in [0.1, 0.15) is 5.82 Å². The van der Waals surface area contributed by atoms with E-state index in [-0.39, 0.29) is 11.6 Å². The average molecular weight is 256 g/mol. The molecule has 72 valence electrons. The first-order valence-electron chi connectivity index (χ1n) is 4.06. The molecule has 14 heavy (non-hydrogen) atoms. The van der Waals surface area contributed by atoms with Crippen LogP contribution < -0.4 is 0 Å². The van der Waals surface area contributed by atoms with Gasteiger partial charge in [-0.1, -0.05) is 0 Å². The first-order valence-corrected chi connectivity index (χ1v) is 4.86. The van der Waals surface area contributed by atoms with Crippen molar-refractivity contribution in [3.05, 3.63) is 34.2 Å². The Labute approximate surface area is 88.2 Å². The summed E-state index contributed by atoms with van der Waals surface area (Å²) < 4.78 is 13.6. The molecular formula is C10H7BrFNO. The van der Waals surface area contributed by atoms with E-state index < -0.39 is 0 Å². The molecule has 2 rings (SSSR count). The fourth-order valence-corrected chi connectivity index (χ4v) is 1.90. The molecule has 0 aliphatic carbocycles. The second kappa shape index (κ2) is 3.20. The molecule has 0 spiro atoms. The van der Waals surface area contributed by atoms with Crippen LogP contribution in [0.15, 0.2) is 22.7 Å². The molecule has 2 nitrogen and oxygen atoms in total. The Morgan fingerprint density at radius 3 is 2.79 bits per heavy atom. The molecule has 1 aromatic carbocycles. The van der Waals surface area contributed by atoms with Crippen LogP contribution in [0.3, 0.4) is 0 Å². The van der Waals surface area contributed by atoms with Gasteiger partial charge in [0, 0.05) is 22.3 Å². The lowest BCUT2D eigenvalue weighted by Gasteiger charge is -1.93. The predicted octanol–water partition coefficient (Wildman–Crippen LogP) is 3.27. The van der Waals surface area contributed by atoms with Crippen molar-refractivity contribution >= 4 is 32.6 Å². The van der Waals surface area contributed by atoms with Crippen molar-refractivity contribution in [2.45, 2.75) is 6.92 Å². The molecule has 0 aliphatic heterocycles. The summed E-state index contributed by atoms with van der Waals surface area (Å²) in [6.45, 7) is 1.47. The van der Waals surface area contributed by atoms with Gasteiger partial charge in [-0.25, -0.2) is 4.39 Å². The summed E-state index contributed by atoms with van der Waals surface area (Å²) in [5.41, 5.74) is 1.12. The molecule has 1 heterocycles. The van der Waals surface area contributed by atoms with Gasteiger partial charge >= 0.3 is 0 Å². The largest absolute Gasteiger partial charge is 0.352 e. The molecule has 0 amide bonds. The number of aromatic amines is 1. The summed E-state index contributed by atoms with van der Waals surface area (Å²) in [5, 5.41) is 0.816. The number of H-pyrrole nitrogens is 1. The topological polar surface area (TPSA) is 32.9 Å². The summed E-state index contributed by atoms with van der Waals surface area (Å²) in [6.07, 6.45) is 0. The van der Waals surface area contributed by atoms with E-state index in [2.05, 4.69) is 20.9 Å². The Morgan fingerprint density at radius 1 is 1.43 bits per heavy atom. The van der Waals surface area contributed by atoms with Gasteiger partial charge < -0.3 is 4.98 Å². The zero-order valence-electron chi connectivity index (χ0n) is 7.40. The first-order chi connectivity index (χ1) is 6.58. The minimum Gasteiger partial charge on any atom is -0.352 e. The molecule has 2 aromatic rings. The van der Waals surface area contributed by atoms with E-state index in [0.29, 0.717) is 15.7 Å². The molecule has 0 radical (unpaired) electrons. The SMILES string of the molecule is CC(=O)c1cc2c(Br)cc(F)cc2[nH]1. The zero-order chi connectivity index (χ0) is 10.3. The molecule has 0 unspecified atom stereocenters. The number of fused-ring (bicyclic) bond motifs is 1. The number of nitrogens with one attached hydrogen (secondary N) is 1. The van der Waals surface area contributed by atoms with Crippen molar-refractivity contribution in [1.29, 1.82) is 0 Å². The van der Waals surface area contributed by atoms with Crippen LogP contribution in [0.4, 0.5) is 4.39 Å². The van der Waals surface area contributed by atoms with Crippen molar-refractivity contribution in [3.8, 4) is 0 Å². The minimum atomic E-state index is -0.332. The number of aromatic nitrogens is 1. The van der Waals surface area contributed by atoms with Gasteiger partial charge in [0.05, 0.1) is 5.69 Å². The fraction of sp³-hybridized carbons (Fsp3) is 0.100. The van der Waals surface area contributed by atoms with Crippen molar-refractivity contribution in [3.63, 3.8) is 0 Å². The quantitative estimate of drug-likeness (QED) is 0.780. The number of Topliss-reactive ketones (excluding diaryl/α,β-unsaturated/α-hetero) is 1. The third-order valence-electron chi connectivity index (χ3n) is 2.03. The van der Waals surface area contributed by atoms with Crippen LogP contribution in [0.2, 0.25) is 0 Å². The number of benzene rings is 1. The summed E-state index contributed by atoms with van der Waals surface area (Å²) in [4.78, 5) is 13.9. The normalized spacial score (nSPS) is 10.8. The molecule has 0 bridgehead atoms. The summed E-state index contributed by atoms with van der Waals surface area (Å²) in [7, 11) is 0. The second-order valence-corrected chi connectivity index (χ2v) is 3.94. The number of carbonyl (C=O) groups excluding carboxylic acids is 1. The van der Waals surface area contributed by atoms with E-state index in [1.807, 2.05) is 0 Å². The van der Waals surface area contributed by atoms with Gasteiger partial charge in [-0.15, -0.1) is 0 Å². The molecule has 0 aliphatic rings. The van der Waals surface area contributed by atoms with Crippen molar-refractivity contribution < 1.29 is 9.18 Å². The second-order valence-electron chi connectivity index (χ2n) is 3.09. The Kier molecular flexibility index (Phi) is 2.15. The third-order valence-corrected chi connectivity index (χ3v) is 2.69. The van der Waals surface area contributed by atoms with E-state index in [1.165, 1.54) is 19.1 Å². The Morgan fingerprint density at radius 2 is 2.14 bits per heavy atom. The number of ketones is 1. The van der Waals surface area contributed by atoms with E-state index in [4.69, 9.17) is 0 Å². The van der Waals surface area contributed by atoms with Crippen LogP contribution in [0, 0.1) is 5.82 Å². The lowest BCUT2D eigenvalue weighted by atomic mass is 10.2. The maximum atomic E-state index is 13.0. The van der Waals surface area contributed by atoms with E-state index >= 15 is 0 Å². The smallest absolute Gasteiger partial charge is 0.175 e. The van der Waals surface area contributed by atoms with Gasteiger partial charge in [-0.3, -0.25) is 4.79 Å². The van der Waals surface area contributed by atoms with E-state index in [1.54, 1.807) is 6.07 Å². The van der Waals surface area contributed by atoms with Crippen LogP contribution in [0.25, 0.3) is 10.9 Å². The summed E-state index contributed by atoms with van der Waals surface area (Å²) in [6, 6.07) is 4.45. The maximum Gasteiger partial charge on any atom is 0.175 e. The van der Waals surface area contributed by atoms with Crippen LogP contribution in [0.1, 0.15) is 17.4 Å². The highest BCUT2D eigenvalue weighted by atomic mass is 79.9. The van der Waals surface area contributed by atoms with Gasteiger partial charge in [0.15, 0.2) is 5.78 Å². The Bertz CT molecular complexity index is 518. The molecule has 0 fully saturated rings. The lowest BCUT2D eigenvalue weighted by molar-refractivity contribution is 0.101. The monoisotopic (exact) mass is 255 g/mol. The van der Waals surface area contributed by atoms with Crippen LogP contribution in [0.5, 0.6) is 0 Å². The predicted molar refractivity (Wildman–Crippen MR) is 56.0 cm³/mol.